The summed E-state index contributed by atoms with van der Waals surface area (Å²) in [7, 11) is 0. The lowest BCUT2D eigenvalue weighted by Crippen LogP contribution is -2.51. The van der Waals surface area contributed by atoms with Crippen LogP contribution < -0.4 is 0 Å². The van der Waals surface area contributed by atoms with Gasteiger partial charge in [-0.1, -0.05) is 27.7 Å². The summed E-state index contributed by atoms with van der Waals surface area (Å²) in [6, 6.07) is 0. The van der Waals surface area contributed by atoms with Gasteiger partial charge in [0, 0.05) is 13.1 Å². The van der Waals surface area contributed by atoms with E-state index in [-0.39, 0.29) is 17.6 Å². The fourth-order valence-electron chi connectivity index (χ4n) is 1.77. The molecule has 1 saturated heterocycles. The van der Waals surface area contributed by atoms with Gasteiger partial charge in [-0.15, -0.1) is 0 Å². The van der Waals surface area contributed by atoms with Gasteiger partial charge >= 0.3 is 0 Å². The monoisotopic (exact) mass is 201 g/mol. The predicted molar refractivity (Wildman–Crippen MR) is 57.3 cm³/mol. The van der Waals surface area contributed by atoms with Crippen molar-refractivity contribution in [1.29, 1.82) is 0 Å². The second-order valence-corrected chi connectivity index (χ2v) is 5.11. The Morgan fingerprint density at radius 3 is 2.64 bits per heavy atom. The zero-order valence-corrected chi connectivity index (χ0v) is 9.79. The van der Waals surface area contributed by atoms with Crippen LogP contribution in [0.1, 0.15) is 27.7 Å². The smallest absolute Gasteiger partial charge is 0.0966 e. The molecule has 1 rings (SSSR count). The quantitative estimate of drug-likeness (QED) is 0.726. The van der Waals surface area contributed by atoms with Crippen LogP contribution in [0.4, 0.5) is 0 Å². The van der Waals surface area contributed by atoms with Crippen LogP contribution in [0.15, 0.2) is 0 Å². The summed E-state index contributed by atoms with van der Waals surface area (Å²) in [5.74, 6) is 0. The highest BCUT2D eigenvalue weighted by atomic mass is 16.5. The maximum atomic E-state index is 10.1. The molecule has 0 amide bonds. The van der Waals surface area contributed by atoms with E-state index in [0.29, 0.717) is 0 Å². The maximum absolute atomic E-state index is 10.1. The van der Waals surface area contributed by atoms with E-state index in [1.54, 1.807) is 0 Å². The van der Waals surface area contributed by atoms with Crippen LogP contribution in [0, 0.1) is 5.41 Å². The summed E-state index contributed by atoms with van der Waals surface area (Å²) in [5, 5.41) is 10.1. The van der Waals surface area contributed by atoms with Crippen molar-refractivity contribution in [2.24, 2.45) is 5.41 Å². The Hall–Kier alpha value is -0.120. The van der Waals surface area contributed by atoms with Crippen LogP contribution >= 0.6 is 0 Å². The highest BCUT2D eigenvalue weighted by Crippen LogP contribution is 2.25. The van der Waals surface area contributed by atoms with Crippen molar-refractivity contribution in [2.75, 3.05) is 26.2 Å². The van der Waals surface area contributed by atoms with E-state index in [9.17, 15) is 5.11 Å². The van der Waals surface area contributed by atoms with Gasteiger partial charge in [0.05, 0.1) is 18.8 Å². The molecule has 2 unspecified atom stereocenters. The third-order valence-electron chi connectivity index (χ3n) is 2.86. The van der Waals surface area contributed by atoms with Crippen LogP contribution in [0.5, 0.6) is 0 Å². The van der Waals surface area contributed by atoms with Gasteiger partial charge in [-0.2, -0.15) is 0 Å². The SMILES string of the molecule is CCN1CCOC(C(O)C(C)(C)C)C1. The number of aliphatic hydroxyl groups is 1. The molecule has 0 aliphatic carbocycles. The van der Waals surface area contributed by atoms with Crippen LogP contribution in [0.25, 0.3) is 0 Å². The Labute approximate surface area is 87.1 Å². The van der Waals surface area contributed by atoms with Crippen molar-refractivity contribution in [3.05, 3.63) is 0 Å². The number of nitrogens with zero attached hydrogens (tertiary/aromatic N) is 1. The lowest BCUT2D eigenvalue weighted by Gasteiger charge is -2.39. The molecule has 1 fully saturated rings. The van der Waals surface area contributed by atoms with Crippen molar-refractivity contribution in [3.8, 4) is 0 Å². The Morgan fingerprint density at radius 1 is 1.50 bits per heavy atom. The number of hydrogen-bond acceptors (Lipinski definition) is 3. The number of aliphatic hydroxyl groups excluding tert-OH is 1. The molecule has 0 aromatic heterocycles. The van der Waals surface area contributed by atoms with E-state index in [1.165, 1.54) is 0 Å². The van der Waals surface area contributed by atoms with Crippen LogP contribution in [-0.2, 0) is 4.74 Å². The largest absolute Gasteiger partial charge is 0.390 e. The number of ether oxygens (including phenoxy) is 1. The number of hydrogen-bond donors (Lipinski definition) is 1. The molecule has 84 valence electrons. The van der Waals surface area contributed by atoms with Gasteiger partial charge in [0.2, 0.25) is 0 Å². The van der Waals surface area contributed by atoms with E-state index in [4.69, 9.17) is 4.74 Å². The molecule has 2 atom stereocenters. The zero-order chi connectivity index (χ0) is 10.8. The number of rotatable bonds is 2. The topological polar surface area (TPSA) is 32.7 Å². The van der Waals surface area contributed by atoms with E-state index < -0.39 is 0 Å². The summed E-state index contributed by atoms with van der Waals surface area (Å²) >= 11 is 0. The predicted octanol–water partition coefficient (Wildman–Crippen LogP) is 1.11. The van der Waals surface area contributed by atoms with Crippen molar-refractivity contribution in [3.63, 3.8) is 0 Å². The minimum Gasteiger partial charge on any atom is -0.390 e. The van der Waals surface area contributed by atoms with Crippen LogP contribution in [-0.4, -0.2) is 48.5 Å². The van der Waals surface area contributed by atoms with Gasteiger partial charge in [0.1, 0.15) is 0 Å². The summed E-state index contributed by atoms with van der Waals surface area (Å²) < 4.78 is 5.61. The van der Waals surface area contributed by atoms with E-state index in [2.05, 4.69) is 11.8 Å². The molecule has 3 nitrogen and oxygen atoms in total. The molecule has 3 heteroatoms. The van der Waals surface area contributed by atoms with E-state index in [0.717, 1.165) is 26.2 Å². The molecule has 1 aliphatic rings. The average molecular weight is 201 g/mol. The lowest BCUT2D eigenvalue weighted by atomic mass is 9.85. The average Bonchev–Trinajstić information content (AvgIpc) is 2.15. The summed E-state index contributed by atoms with van der Waals surface area (Å²) in [6.07, 6.45) is -0.402. The number of likely N-dealkylation sites (N-methyl/N-ethyl adjacent to an activating group) is 1. The van der Waals surface area contributed by atoms with Gasteiger partial charge in [-0.3, -0.25) is 4.90 Å². The maximum Gasteiger partial charge on any atom is 0.0966 e. The van der Waals surface area contributed by atoms with Crippen molar-refractivity contribution in [2.45, 2.75) is 39.9 Å². The summed E-state index contributed by atoms with van der Waals surface area (Å²) in [4.78, 5) is 2.32. The first-order valence-electron chi connectivity index (χ1n) is 5.47. The molecule has 14 heavy (non-hydrogen) atoms. The lowest BCUT2D eigenvalue weighted by molar-refractivity contribution is -0.119. The highest BCUT2D eigenvalue weighted by molar-refractivity contribution is 4.84. The highest BCUT2D eigenvalue weighted by Gasteiger charge is 2.33. The first kappa shape index (κ1) is 12.0. The molecule has 0 bridgehead atoms. The summed E-state index contributed by atoms with van der Waals surface area (Å²) in [6.45, 7) is 11.9. The van der Waals surface area contributed by atoms with Gasteiger partial charge in [0.25, 0.3) is 0 Å². The molecule has 1 N–H and O–H groups in total. The molecule has 0 aromatic carbocycles. The van der Waals surface area contributed by atoms with Gasteiger partial charge < -0.3 is 9.84 Å². The molecule has 0 aromatic rings. The molecule has 1 aliphatic heterocycles. The van der Waals surface area contributed by atoms with Crippen LogP contribution in [0.2, 0.25) is 0 Å². The molecule has 0 spiro atoms. The first-order valence-corrected chi connectivity index (χ1v) is 5.47. The summed E-state index contributed by atoms with van der Waals surface area (Å²) in [5.41, 5.74) is -0.0958. The van der Waals surface area contributed by atoms with Gasteiger partial charge in [0.15, 0.2) is 0 Å². The fourth-order valence-corrected chi connectivity index (χ4v) is 1.77. The Kier molecular flexibility index (Phi) is 3.93. The molecular weight excluding hydrogens is 178 g/mol. The standard InChI is InChI=1S/C11H23NO2/c1-5-12-6-7-14-9(8-12)10(13)11(2,3)4/h9-10,13H,5-8H2,1-4H3. The number of morpholine rings is 1. The van der Waals surface area contributed by atoms with Gasteiger partial charge in [-0.25, -0.2) is 0 Å². The third kappa shape index (κ3) is 2.94. The Balaban J connectivity index is 2.51. The molecule has 0 saturated carbocycles. The van der Waals surface area contributed by atoms with Crippen molar-refractivity contribution < 1.29 is 9.84 Å². The van der Waals surface area contributed by atoms with Crippen molar-refractivity contribution >= 4 is 0 Å². The second kappa shape index (κ2) is 4.60. The minimum atomic E-state index is -0.378. The normalized spacial score (nSPS) is 27.6. The van der Waals surface area contributed by atoms with Gasteiger partial charge in [-0.05, 0) is 12.0 Å². The molecule has 0 radical (unpaired) electrons. The fraction of sp³-hybridized carbons (Fsp3) is 1.00. The molecule has 1 heterocycles. The molecular formula is C11H23NO2. The van der Waals surface area contributed by atoms with Crippen LogP contribution in [0.3, 0.4) is 0 Å². The van der Waals surface area contributed by atoms with E-state index in [1.807, 2.05) is 20.8 Å². The zero-order valence-electron chi connectivity index (χ0n) is 9.79. The minimum absolute atomic E-state index is 0.0244. The third-order valence-corrected chi connectivity index (χ3v) is 2.86. The first-order chi connectivity index (χ1) is 6.45. The van der Waals surface area contributed by atoms with E-state index >= 15 is 0 Å². The van der Waals surface area contributed by atoms with Crippen molar-refractivity contribution in [1.82, 2.24) is 4.90 Å². The Morgan fingerprint density at radius 2 is 2.14 bits per heavy atom. The Bertz CT molecular complexity index is 177. The second-order valence-electron chi connectivity index (χ2n) is 5.11.